The smallest absolute Gasteiger partial charge is 0.200 e. The highest BCUT2D eigenvalue weighted by atomic mass is 79.9. The monoisotopic (exact) mass is 291 g/mol. The molecule has 0 unspecified atom stereocenters. The van der Waals surface area contributed by atoms with Crippen molar-refractivity contribution in [3.05, 3.63) is 28.7 Å². The Balaban J connectivity index is 1.98. The highest BCUT2D eigenvalue weighted by Crippen LogP contribution is 2.38. The summed E-state index contributed by atoms with van der Waals surface area (Å²) in [6.45, 7) is 0. The Morgan fingerprint density at radius 2 is 1.88 bits per heavy atom. The van der Waals surface area contributed by atoms with Crippen LogP contribution >= 0.6 is 15.9 Å². The molecule has 1 saturated carbocycles. The quantitative estimate of drug-likeness (QED) is 0.744. The number of anilines is 1. The van der Waals surface area contributed by atoms with Crippen LogP contribution in [0.1, 0.15) is 25.7 Å². The molecule has 3 aliphatic rings. The minimum absolute atomic E-state index is 0.406. The Morgan fingerprint density at radius 1 is 1.18 bits per heavy atom. The molecule has 0 amide bonds. The first-order valence-corrected chi connectivity index (χ1v) is 6.82. The molecule has 2 aliphatic heterocycles. The van der Waals surface area contributed by atoms with Crippen molar-refractivity contribution in [3.8, 4) is 6.19 Å². The van der Waals surface area contributed by atoms with Gasteiger partial charge in [0.15, 0.2) is 6.19 Å². The predicted molar refractivity (Wildman–Crippen MR) is 70.1 cm³/mol. The van der Waals surface area contributed by atoms with Crippen LogP contribution in [0.5, 0.6) is 0 Å². The summed E-state index contributed by atoms with van der Waals surface area (Å²) >= 11 is 3.50. The van der Waals surface area contributed by atoms with Gasteiger partial charge >= 0.3 is 0 Å². The molecule has 3 nitrogen and oxygen atoms in total. The number of hydrazine groups is 1. The summed E-state index contributed by atoms with van der Waals surface area (Å²) in [5, 5.41) is 13.4. The number of nitriles is 1. The molecule has 2 bridgehead atoms. The van der Waals surface area contributed by atoms with Crippen LogP contribution in [0.25, 0.3) is 0 Å². The molecule has 1 aromatic carbocycles. The number of halogens is 1. The van der Waals surface area contributed by atoms with Gasteiger partial charge in [-0.3, -0.25) is 5.01 Å². The summed E-state index contributed by atoms with van der Waals surface area (Å²) < 4.78 is 1.06. The Hall–Kier alpha value is -1.21. The second-order valence-electron chi connectivity index (χ2n) is 4.73. The lowest BCUT2D eigenvalue weighted by atomic mass is 9.87. The second-order valence-corrected chi connectivity index (χ2v) is 5.65. The second kappa shape index (κ2) is 4.23. The van der Waals surface area contributed by atoms with Crippen LogP contribution in [-0.2, 0) is 0 Å². The number of nitrogens with zero attached hydrogens (tertiary/aromatic N) is 3. The molecule has 0 atom stereocenters. The molecule has 2 saturated heterocycles. The molecule has 4 heteroatoms. The minimum Gasteiger partial charge on any atom is -0.273 e. The zero-order chi connectivity index (χ0) is 11.8. The van der Waals surface area contributed by atoms with Crippen LogP contribution in [0.15, 0.2) is 28.7 Å². The van der Waals surface area contributed by atoms with Crippen molar-refractivity contribution in [2.24, 2.45) is 0 Å². The van der Waals surface area contributed by atoms with Crippen LogP contribution in [0.2, 0.25) is 0 Å². The first-order chi connectivity index (χ1) is 8.29. The molecular weight excluding hydrogens is 278 g/mol. The fourth-order valence-electron chi connectivity index (χ4n) is 2.98. The van der Waals surface area contributed by atoms with Crippen LogP contribution in [-0.4, -0.2) is 17.1 Å². The summed E-state index contributed by atoms with van der Waals surface area (Å²) in [4.78, 5) is 0. The van der Waals surface area contributed by atoms with E-state index in [1.165, 1.54) is 12.8 Å². The van der Waals surface area contributed by atoms with Gasteiger partial charge in [0.25, 0.3) is 0 Å². The Morgan fingerprint density at radius 3 is 2.53 bits per heavy atom. The van der Waals surface area contributed by atoms with Crippen molar-refractivity contribution >= 4 is 21.6 Å². The van der Waals surface area contributed by atoms with Gasteiger partial charge in [0.05, 0.1) is 17.8 Å². The van der Waals surface area contributed by atoms with E-state index in [0.29, 0.717) is 12.1 Å². The Bertz CT molecular complexity index is 460. The van der Waals surface area contributed by atoms with Crippen LogP contribution < -0.4 is 5.01 Å². The molecular formula is C13H14BrN3. The topological polar surface area (TPSA) is 30.3 Å². The standard InChI is InChI=1S/C13H14BrN3/c14-10-2-1-3-13(8-10)17-12-6-4-11(5-7-12)16(17)9-15/h1-3,8,11-12H,4-7H2. The van der Waals surface area contributed by atoms with Gasteiger partial charge < -0.3 is 0 Å². The van der Waals surface area contributed by atoms with E-state index < -0.39 is 0 Å². The fourth-order valence-corrected chi connectivity index (χ4v) is 3.37. The zero-order valence-corrected chi connectivity index (χ0v) is 11.1. The van der Waals surface area contributed by atoms with Gasteiger partial charge in [0.2, 0.25) is 0 Å². The van der Waals surface area contributed by atoms with Crippen LogP contribution in [0.3, 0.4) is 0 Å². The summed E-state index contributed by atoms with van der Waals surface area (Å²) in [6, 6.07) is 9.11. The van der Waals surface area contributed by atoms with E-state index >= 15 is 0 Å². The van der Waals surface area contributed by atoms with Gasteiger partial charge in [-0.05, 0) is 43.9 Å². The van der Waals surface area contributed by atoms with E-state index in [0.717, 1.165) is 23.0 Å². The van der Waals surface area contributed by atoms with Gasteiger partial charge in [-0.25, -0.2) is 5.01 Å². The number of hydrogen-bond acceptors (Lipinski definition) is 3. The normalized spacial score (nSPS) is 27.1. The average Bonchev–Trinajstić information content (AvgIpc) is 2.39. The molecule has 1 aromatic rings. The van der Waals surface area contributed by atoms with Crippen LogP contribution in [0, 0.1) is 11.5 Å². The maximum Gasteiger partial charge on any atom is 0.200 e. The maximum atomic E-state index is 9.34. The Kier molecular flexibility index (Phi) is 2.71. The van der Waals surface area contributed by atoms with E-state index in [-0.39, 0.29) is 0 Å². The third-order valence-electron chi connectivity index (χ3n) is 3.77. The zero-order valence-electron chi connectivity index (χ0n) is 9.51. The van der Waals surface area contributed by atoms with Crippen molar-refractivity contribution in [1.82, 2.24) is 5.01 Å². The van der Waals surface area contributed by atoms with Gasteiger partial charge in [-0.1, -0.05) is 22.0 Å². The lowest BCUT2D eigenvalue weighted by Gasteiger charge is -2.51. The molecule has 0 spiro atoms. The summed E-state index contributed by atoms with van der Waals surface area (Å²) in [5.74, 6) is 0. The lowest BCUT2D eigenvalue weighted by Crippen LogP contribution is -2.59. The molecule has 1 aliphatic carbocycles. The molecule has 0 radical (unpaired) electrons. The van der Waals surface area contributed by atoms with E-state index in [9.17, 15) is 5.26 Å². The van der Waals surface area contributed by atoms with Crippen molar-refractivity contribution in [2.75, 3.05) is 5.01 Å². The number of benzene rings is 1. The lowest BCUT2D eigenvalue weighted by molar-refractivity contribution is 0.110. The number of rotatable bonds is 1. The van der Waals surface area contributed by atoms with Crippen molar-refractivity contribution in [3.63, 3.8) is 0 Å². The largest absolute Gasteiger partial charge is 0.273 e. The van der Waals surface area contributed by atoms with Gasteiger partial charge in [0.1, 0.15) is 0 Å². The number of fused-ring (bicyclic) bond motifs is 3. The molecule has 0 N–H and O–H groups in total. The van der Waals surface area contributed by atoms with Crippen molar-refractivity contribution in [2.45, 2.75) is 37.8 Å². The molecule has 3 fully saturated rings. The van der Waals surface area contributed by atoms with Gasteiger partial charge in [-0.15, -0.1) is 0 Å². The first kappa shape index (κ1) is 10.9. The van der Waals surface area contributed by atoms with Crippen LogP contribution in [0.4, 0.5) is 5.69 Å². The first-order valence-electron chi connectivity index (χ1n) is 6.03. The van der Waals surface area contributed by atoms with E-state index in [1.54, 1.807) is 0 Å². The van der Waals surface area contributed by atoms with E-state index in [4.69, 9.17) is 0 Å². The molecule has 4 rings (SSSR count). The maximum absolute atomic E-state index is 9.34. The molecule has 17 heavy (non-hydrogen) atoms. The minimum atomic E-state index is 0.406. The summed E-state index contributed by atoms with van der Waals surface area (Å²) in [5.41, 5.74) is 1.12. The fraction of sp³-hybridized carbons (Fsp3) is 0.462. The number of hydrogen-bond donors (Lipinski definition) is 0. The summed E-state index contributed by atoms with van der Waals surface area (Å²) in [6.07, 6.45) is 7.07. The SMILES string of the molecule is N#CN1C2CCC(CC2)N1c1cccc(Br)c1. The average molecular weight is 292 g/mol. The molecule has 2 heterocycles. The van der Waals surface area contributed by atoms with Crippen molar-refractivity contribution < 1.29 is 0 Å². The molecule has 0 aromatic heterocycles. The highest BCUT2D eigenvalue weighted by Gasteiger charge is 2.40. The highest BCUT2D eigenvalue weighted by molar-refractivity contribution is 9.10. The van der Waals surface area contributed by atoms with Gasteiger partial charge in [-0.2, -0.15) is 5.26 Å². The Labute approximate surface area is 110 Å². The third-order valence-corrected chi connectivity index (χ3v) is 4.26. The third kappa shape index (κ3) is 1.79. The summed E-state index contributed by atoms with van der Waals surface area (Å²) in [7, 11) is 0. The molecule has 88 valence electrons. The van der Waals surface area contributed by atoms with E-state index in [1.807, 2.05) is 17.1 Å². The van der Waals surface area contributed by atoms with Gasteiger partial charge in [0, 0.05) is 4.47 Å². The van der Waals surface area contributed by atoms with E-state index in [2.05, 4.69) is 39.3 Å². The van der Waals surface area contributed by atoms with Crippen molar-refractivity contribution in [1.29, 1.82) is 5.26 Å². The predicted octanol–water partition coefficient (Wildman–Crippen LogP) is 3.28.